The van der Waals surface area contributed by atoms with Gasteiger partial charge in [0, 0.05) is 0 Å². The Kier molecular flexibility index (Phi) is 15.6. The van der Waals surface area contributed by atoms with Gasteiger partial charge >= 0.3 is 67.1 Å². The number of alkyl halides is 3. The van der Waals surface area contributed by atoms with Crippen molar-refractivity contribution in [1.29, 1.82) is 0 Å². The number of aryl methyl sites for hydroxylation is 2. The van der Waals surface area contributed by atoms with E-state index >= 15 is 0 Å². The van der Waals surface area contributed by atoms with Crippen LogP contribution in [0.25, 0.3) is 43.8 Å². The molecule has 0 aromatic heterocycles. The summed E-state index contributed by atoms with van der Waals surface area (Å²) in [6.07, 6.45) is 13.5. The van der Waals surface area contributed by atoms with Crippen molar-refractivity contribution in [1.82, 2.24) is 0 Å². The molecular formula is C58H65Cl2F3SiZr-2. The van der Waals surface area contributed by atoms with Crippen LogP contribution in [0.1, 0.15) is 92.9 Å². The van der Waals surface area contributed by atoms with Crippen molar-refractivity contribution < 1.29 is 61.3 Å². The summed E-state index contributed by atoms with van der Waals surface area (Å²) in [5, 5.41) is 5.74. The van der Waals surface area contributed by atoms with E-state index in [2.05, 4.69) is 123 Å². The van der Waals surface area contributed by atoms with E-state index in [4.69, 9.17) is 0 Å². The number of benzene rings is 4. The minimum Gasteiger partial charge on any atom is -1.00 e. The van der Waals surface area contributed by atoms with E-state index in [1.54, 1.807) is 24.0 Å². The number of rotatable bonds is 8. The zero-order chi connectivity index (χ0) is 43.4. The second-order valence-electron chi connectivity index (χ2n) is 21.6. The monoisotopic (exact) mass is 1010 g/mol. The smallest absolute Gasteiger partial charge is 0.0279 e. The molecule has 14 rings (SSSR count). The van der Waals surface area contributed by atoms with Gasteiger partial charge in [0.25, 0.3) is 0 Å². The molecule has 8 saturated carbocycles. The Morgan fingerprint density at radius 3 is 1.20 bits per heavy atom. The molecule has 0 unspecified atom stereocenters. The van der Waals surface area contributed by atoms with E-state index in [9.17, 15) is 13.2 Å². The van der Waals surface area contributed by atoms with Crippen LogP contribution in [-0.2, 0) is 36.2 Å². The minimum atomic E-state index is -3.93. The number of halogens is 5. The molecule has 6 aromatic rings. The maximum Gasteiger partial charge on any atom is -0.0279 e. The first-order chi connectivity index (χ1) is 30.4. The van der Waals surface area contributed by atoms with E-state index in [-0.39, 0.29) is 24.8 Å². The summed E-state index contributed by atoms with van der Waals surface area (Å²) in [5.74, 6) is 10.3. The Morgan fingerprint density at radius 2 is 0.892 bits per heavy atom. The Bertz CT molecular complexity index is 2330. The zero-order valence-electron chi connectivity index (χ0n) is 38.5. The van der Waals surface area contributed by atoms with Gasteiger partial charge in [0.05, 0.1) is 0 Å². The van der Waals surface area contributed by atoms with Crippen LogP contribution in [0.3, 0.4) is 0 Å². The quantitative estimate of drug-likeness (QED) is 0.105. The summed E-state index contributed by atoms with van der Waals surface area (Å²) in [4.78, 5) is 0. The molecular weight excluding hydrogens is 944 g/mol. The number of hydrogen-bond donors (Lipinski definition) is 0. The van der Waals surface area contributed by atoms with Crippen molar-refractivity contribution >= 4 is 27.0 Å². The number of hydrogen-bond acceptors (Lipinski definition) is 0. The fourth-order valence-electron chi connectivity index (χ4n) is 14.4. The van der Waals surface area contributed by atoms with Gasteiger partial charge in [0.1, 0.15) is 0 Å². The molecule has 0 nitrogen and oxygen atoms in total. The summed E-state index contributed by atoms with van der Waals surface area (Å²) in [6.45, 7) is 6.25. The molecule has 8 aliphatic carbocycles. The van der Waals surface area contributed by atoms with Crippen LogP contribution in [0.5, 0.6) is 0 Å². The first-order valence-corrected chi connectivity index (χ1v) is 30.4. The molecule has 7 heteroatoms. The Labute approximate surface area is 414 Å². The van der Waals surface area contributed by atoms with E-state index in [0.717, 1.165) is 59.2 Å². The standard InChI is InChI=1S/2C27H29.C4H7F3Si.2ClH.Zr/c2*1-17-5-7-21(8-6-17)25-4-2-3-22-10-20(16-27(22)25)15-26-23-11-18-9-19(13-23)14-24(26)12-18;1-8-3-2-4(5,6)7;;;/h2*2-8,10,16,18-19,23-24,26H,9,11-15H2,1H3;2-3H2,1H3;2*1H;/q2*-1;;;;+2/p-2. The van der Waals surface area contributed by atoms with E-state index in [1.807, 2.05) is 6.55 Å². The van der Waals surface area contributed by atoms with Crippen LogP contribution >= 0.6 is 0 Å². The Morgan fingerprint density at radius 1 is 0.538 bits per heavy atom. The second kappa shape index (κ2) is 20.7. The van der Waals surface area contributed by atoms with Crippen molar-refractivity contribution in [3.05, 3.63) is 131 Å². The SMILES string of the molecule is C[Si](=[Zr+2])CCC(F)(F)F.Cc1ccc(-c2cccc3[cH-]c(CC4C5CC6CC(C5)CC4C6)cc23)cc1.Cc1ccc(-c2cccc3[cH-]c(CC4C5CC6CC(C5)CC4C6)cc23)cc1.[Cl-].[Cl-]. The van der Waals surface area contributed by atoms with Crippen molar-refractivity contribution in [2.24, 2.45) is 59.2 Å². The van der Waals surface area contributed by atoms with E-state index in [1.165, 1.54) is 142 Å². The van der Waals surface area contributed by atoms with E-state index < -0.39 is 18.0 Å². The summed E-state index contributed by atoms with van der Waals surface area (Å²) in [7, 11) is 0. The van der Waals surface area contributed by atoms with Crippen LogP contribution in [-0.4, -0.2) is 11.6 Å². The molecule has 0 N–H and O–H groups in total. The molecule has 0 atom stereocenters. The Balaban J connectivity index is 0.000000146. The van der Waals surface area contributed by atoms with Crippen LogP contribution in [0.2, 0.25) is 12.6 Å². The molecule has 65 heavy (non-hydrogen) atoms. The second-order valence-corrected chi connectivity index (χ2v) is 29.9. The topological polar surface area (TPSA) is 0 Å². The van der Waals surface area contributed by atoms with Crippen molar-refractivity contribution in [3.8, 4) is 22.3 Å². The molecule has 0 heterocycles. The van der Waals surface area contributed by atoms with E-state index in [0.29, 0.717) is 6.04 Å². The third-order valence-electron chi connectivity index (χ3n) is 16.9. The molecule has 8 fully saturated rings. The average Bonchev–Trinajstić information content (AvgIpc) is 3.87. The molecule has 0 saturated heterocycles. The zero-order valence-corrected chi connectivity index (χ0v) is 43.4. The minimum absolute atomic E-state index is 0. The summed E-state index contributed by atoms with van der Waals surface area (Å²) in [5.41, 5.74) is 10.7. The van der Waals surface area contributed by atoms with Gasteiger partial charge in [-0.3, -0.25) is 0 Å². The van der Waals surface area contributed by atoms with Gasteiger partial charge in [-0.05, 0) is 161 Å². The predicted octanol–water partition coefficient (Wildman–Crippen LogP) is 10.4. The summed E-state index contributed by atoms with van der Waals surface area (Å²) in [6, 6.07) is 42.0. The fraction of sp³-hybridized carbons (Fsp3) is 0.483. The summed E-state index contributed by atoms with van der Waals surface area (Å²) < 4.78 is 34.3. The maximum absolute atomic E-state index is 11.4. The molecule has 0 spiro atoms. The molecule has 0 amide bonds. The summed E-state index contributed by atoms with van der Waals surface area (Å²) >= 11 is 1.29. The number of fused-ring (bicyclic) bond motifs is 2. The molecule has 342 valence electrons. The van der Waals surface area contributed by atoms with Crippen molar-refractivity contribution in [2.45, 2.75) is 116 Å². The van der Waals surface area contributed by atoms with Gasteiger partial charge in [0.2, 0.25) is 0 Å². The maximum atomic E-state index is 11.4. The van der Waals surface area contributed by atoms with Gasteiger partial charge in [-0.1, -0.05) is 82.9 Å². The molecule has 0 aliphatic heterocycles. The average molecular weight is 1010 g/mol. The van der Waals surface area contributed by atoms with Crippen LogP contribution in [0.4, 0.5) is 13.2 Å². The van der Waals surface area contributed by atoms with Crippen LogP contribution in [0.15, 0.2) is 109 Å². The molecule has 8 aliphatic rings. The first kappa shape index (κ1) is 49.0. The van der Waals surface area contributed by atoms with Gasteiger partial charge in [-0.25, -0.2) is 0 Å². The molecule has 0 radical (unpaired) electrons. The normalized spacial score (nSPS) is 27.9. The predicted molar refractivity (Wildman–Crippen MR) is 255 cm³/mol. The Hall–Kier alpha value is -2.43. The van der Waals surface area contributed by atoms with Crippen molar-refractivity contribution in [3.63, 3.8) is 0 Å². The van der Waals surface area contributed by atoms with Gasteiger partial charge in [-0.15, -0.1) is 69.1 Å². The van der Waals surface area contributed by atoms with Crippen LogP contribution in [0, 0.1) is 73.0 Å². The van der Waals surface area contributed by atoms with Gasteiger partial charge < -0.3 is 24.8 Å². The third-order valence-corrected chi connectivity index (χ3v) is 19.8. The fourth-order valence-corrected chi connectivity index (χ4v) is 16.0. The van der Waals surface area contributed by atoms with Gasteiger partial charge in [0.15, 0.2) is 0 Å². The van der Waals surface area contributed by atoms with Crippen molar-refractivity contribution in [2.75, 3.05) is 0 Å². The molecule has 6 aromatic carbocycles. The van der Waals surface area contributed by atoms with Crippen LogP contribution < -0.4 is 24.8 Å². The first-order valence-electron chi connectivity index (χ1n) is 24.5. The third kappa shape index (κ3) is 11.2. The van der Waals surface area contributed by atoms with Gasteiger partial charge in [-0.2, -0.15) is 12.1 Å². The largest absolute Gasteiger partial charge is 1.00 e. The molecule has 8 bridgehead atoms.